The van der Waals surface area contributed by atoms with E-state index in [1.807, 2.05) is 10.2 Å². The van der Waals surface area contributed by atoms with Crippen molar-refractivity contribution in [2.24, 2.45) is 5.73 Å². The Balaban J connectivity index is 3.25. The van der Waals surface area contributed by atoms with Crippen molar-refractivity contribution in [2.45, 2.75) is 19.4 Å². The van der Waals surface area contributed by atoms with Crippen LogP contribution in [0.25, 0.3) is 0 Å². The molecule has 67 valence electrons. The number of rotatable bonds is 7. The van der Waals surface area contributed by atoms with Crippen molar-refractivity contribution in [1.82, 2.24) is 10.4 Å². The van der Waals surface area contributed by atoms with Gasteiger partial charge >= 0.3 is 0 Å². The van der Waals surface area contributed by atoms with Gasteiger partial charge in [0.1, 0.15) is 0 Å². The van der Waals surface area contributed by atoms with Crippen molar-refractivity contribution >= 4 is 10.2 Å². The van der Waals surface area contributed by atoms with Crippen LogP contribution in [0.1, 0.15) is 13.3 Å². The van der Waals surface area contributed by atoms with Crippen LogP contribution in [0, 0.1) is 0 Å². The van der Waals surface area contributed by atoms with Crippen molar-refractivity contribution in [3.05, 3.63) is 0 Å². The lowest BCUT2D eigenvalue weighted by Gasteiger charge is -2.20. The number of hydrazine groups is 1. The summed E-state index contributed by atoms with van der Waals surface area (Å²) < 4.78 is 0. The minimum atomic E-state index is 0.713. The number of nitrogens with two attached hydrogens (primary N) is 1. The van der Waals surface area contributed by atoms with Crippen LogP contribution >= 0.6 is 0 Å². The molecule has 3 N–H and O–H groups in total. The van der Waals surface area contributed by atoms with Crippen molar-refractivity contribution in [3.8, 4) is 0 Å². The molecule has 0 heterocycles. The number of hydrogen-bond donors (Lipinski definition) is 2. The van der Waals surface area contributed by atoms with Crippen LogP contribution in [0.4, 0.5) is 0 Å². The Bertz CT molecular complexity index is 72.1. The molecule has 0 bridgehead atoms. The highest BCUT2D eigenvalue weighted by Crippen LogP contribution is 1.88. The Morgan fingerprint density at radius 2 is 2.27 bits per heavy atom. The predicted molar refractivity (Wildman–Crippen MR) is 52.3 cm³/mol. The molecule has 4 heteroatoms. The fourth-order valence-electron chi connectivity index (χ4n) is 0.874. The van der Waals surface area contributed by atoms with E-state index in [1.165, 1.54) is 12.5 Å². The van der Waals surface area contributed by atoms with Crippen LogP contribution in [0.15, 0.2) is 0 Å². The van der Waals surface area contributed by atoms with Gasteiger partial charge in [0.2, 0.25) is 0 Å². The van der Waals surface area contributed by atoms with Gasteiger partial charge in [-0.05, 0) is 6.42 Å². The summed E-state index contributed by atoms with van der Waals surface area (Å²) in [6, 6.07) is 1.28. The zero-order chi connectivity index (χ0) is 8.53. The molecule has 0 amide bonds. The third kappa shape index (κ3) is 6.49. The third-order valence-electron chi connectivity index (χ3n) is 1.54. The van der Waals surface area contributed by atoms with Crippen LogP contribution < -0.4 is 11.2 Å². The Morgan fingerprint density at radius 3 is 2.73 bits per heavy atom. The fourth-order valence-corrected chi connectivity index (χ4v) is 1.10. The Hall–Kier alpha value is 0.0969. The van der Waals surface area contributed by atoms with Gasteiger partial charge in [0.05, 0.1) is 0 Å². The van der Waals surface area contributed by atoms with E-state index in [0.717, 1.165) is 19.6 Å². The van der Waals surface area contributed by atoms with E-state index < -0.39 is 0 Å². The Morgan fingerprint density at radius 1 is 1.55 bits per heavy atom. The van der Waals surface area contributed by atoms with Crippen molar-refractivity contribution in [2.75, 3.05) is 26.2 Å². The second-order valence-electron chi connectivity index (χ2n) is 2.48. The van der Waals surface area contributed by atoms with E-state index in [2.05, 4.69) is 17.4 Å². The van der Waals surface area contributed by atoms with Crippen LogP contribution in [0.5, 0.6) is 0 Å². The minimum absolute atomic E-state index is 0.713. The van der Waals surface area contributed by atoms with Crippen LogP contribution in [-0.2, 0) is 0 Å². The van der Waals surface area contributed by atoms with Gasteiger partial charge in [-0.3, -0.25) is 5.43 Å². The molecule has 0 aromatic carbocycles. The van der Waals surface area contributed by atoms with Gasteiger partial charge in [0, 0.05) is 36.4 Å². The first-order chi connectivity index (χ1) is 5.35. The molecule has 0 aromatic heterocycles. The normalized spacial score (nSPS) is 10.9. The average Bonchev–Trinajstić information content (AvgIpc) is 2.05. The lowest BCUT2D eigenvalue weighted by Crippen LogP contribution is -2.41. The number of nitrogens with one attached hydrogen (secondary N) is 1. The topological polar surface area (TPSA) is 41.3 Å². The molecule has 0 aromatic rings. The summed E-state index contributed by atoms with van der Waals surface area (Å²) in [5.41, 5.74) is 8.64. The summed E-state index contributed by atoms with van der Waals surface area (Å²) in [7, 11) is 2.03. The number of hydrogen-bond acceptors (Lipinski definition) is 3. The van der Waals surface area contributed by atoms with Gasteiger partial charge in [-0.2, -0.15) is 0 Å². The van der Waals surface area contributed by atoms with E-state index >= 15 is 0 Å². The highest BCUT2D eigenvalue weighted by atomic mass is 28.1. The molecule has 0 spiro atoms. The Labute approximate surface area is 72.7 Å². The molecule has 0 rings (SSSR count). The third-order valence-corrected chi connectivity index (χ3v) is 2.04. The molecule has 0 unspecified atom stereocenters. The van der Waals surface area contributed by atoms with Crippen molar-refractivity contribution in [3.63, 3.8) is 0 Å². The fraction of sp³-hybridized carbons (Fsp3) is 1.00. The first-order valence-corrected chi connectivity index (χ1v) is 5.32. The van der Waals surface area contributed by atoms with Crippen molar-refractivity contribution in [1.29, 1.82) is 0 Å². The molecule has 0 atom stereocenters. The molecule has 0 aliphatic heterocycles. The average molecular weight is 174 g/mol. The molecular weight excluding hydrogens is 154 g/mol. The van der Waals surface area contributed by atoms with Gasteiger partial charge in [-0.25, -0.2) is 5.01 Å². The Kier molecular flexibility index (Phi) is 8.27. The summed E-state index contributed by atoms with van der Waals surface area (Å²) in [6.45, 7) is 5.95. The molecule has 3 nitrogen and oxygen atoms in total. The van der Waals surface area contributed by atoms with E-state index in [0.29, 0.717) is 6.54 Å². The summed E-state index contributed by atoms with van der Waals surface area (Å²) in [4.78, 5) is 0. The van der Waals surface area contributed by atoms with Crippen molar-refractivity contribution < 1.29 is 0 Å². The van der Waals surface area contributed by atoms with Gasteiger partial charge in [-0.1, -0.05) is 13.0 Å². The summed E-state index contributed by atoms with van der Waals surface area (Å²) in [6.07, 6.45) is 1.27. The van der Waals surface area contributed by atoms with E-state index in [-0.39, 0.29) is 0 Å². The molecule has 0 aliphatic rings. The highest BCUT2D eigenvalue weighted by Gasteiger charge is 1.97. The number of nitrogens with zero attached hydrogens (tertiary/aromatic N) is 1. The molecule has 11 heavy (non-hydrogen) atoms. The van der Waals surface area contributed by atoms with Gasteiger partial charge in [0.15, 0.2) is 0 Å². The zero-order valence-electron chi connectivity index (χ0n) is 7.47. The molecule has 0 aliphatic carbocycles. The van der Waals surface area contributed by atoms with E-state index in [9.17, 15) is 0 Å². The van der Waals surface area contributed by atoms with Crippen LogP contribution in [0.3, 0.4) is 0 Å². The van der Waals surface area contributed by atoms with Gasteiger partial charge < -0.3 is 5.73 Å². The minimum Gasteiger partial charge on any atom is -0.329 e. The van der Waals surface area contributed by atoms with Crippen LogP contribution in [-0.4, -0.2) is 41.4 Å². The van der Waals surface area contributed by atoms with E-state index in [1.54, 1.807) is 0 Å². The van der Waals surface area contributed by atoms with E-state index in [4.69, 9.17) is 5.73 Å². The smallest absolute Gasteiger partial charge is 0.0225 e. The molecule has 1 radical (unpaired) electrons. The van der Waals surface area contributed by atoms with Gasteiger partial charge in [-0.15, -0.1) is 0 Å². The molecule has 0 saturated heterocycles. The maximum Gasteiger partial charge on any atom is 0.0225 e. The first kappa shape index (κ1) is 11.1. The highest BCUT2D eigenvalue weighted by molar-refractivity contribution is 6.08. The summed E-state index contributed by atoms with van der Waals surface area (Å²) in [5, 5.41) is 2.22. The monoisotopic (exact) mass is 174 g/mol. The lowest BCUT2D eigenvalue weighted by molar-refractivity contribution is 0.201. The second-order valence-corrected chi connectivity index (χ2v) is 3.19. The lowest BCUT2D eigenvalue weighted by atomic mass is 10.4. The summed E-state index contributed by atoms with van der Waals surface area (Å²) in [5.74, 6) is 0. The standard InChI is InChI=1S/C7H20N3Si/c1-2-10(6-3-7-11)9-5-4-8/h9H,2-8,11H2,1H3. The largest absolute Gasteiger partial charge is 0.329 e. The zero-order valence-corrected chi connectivity index (χ0v) is 8.89. The van der Waals surface area contributed by atoms with Gasteiger partial charge in [0.25, 0.3) is 0 Å². The van der Waals surface area contributed by atoms with Crippen LogP contribution in [0.2, 0.25) is 6.04 Å². The molecular formula is C7H20N3Si. The molecule has 0 fully saturated rings. The molecule has 0 saturated carbocycles. The second kappa shape index (κ2) is 8.20. The summed E-state index contributed by atoms with van der Waals surface area (Å²) >= 11 is 0. The predicted octanol–water partition coefficient (Wildman–Crippen LogP) is -0.787. The quantitative estimate of drug-likeness (QED) is 0.393. The maximum absolute atomic E-state index is 5.37. The maximum atomic E-state index is 5.37. The SMILES string of the molecule is CCN(CCC[SiH2])NCCN. The first-order valence-electron chi connectivity index (χ1n) is 4.32.